The molecule has 15 heteroatoms. The van der Waals surface area contributed by atoms with E-state index in [1.165, 1.54) is 6.33 Å². The molecule has 2 saturated heterocycles. The average molecular weight is 504 g/mol. The Kier molecular flexibility index (Phi) is 5.69. The maximum atomic E-state index is 13.0. The molecule has 2 atom stereocenters. The van der Waals surface area contributed by atoms with E-state index in [0.717, 1.165) is 29.7 Å². The number of aryl methyl sites for hydroxylation is 2. The summed E-state index contributed by atoms with van der Waals surface area (Å²) in [7, 11) is -1.92. The highest BCUT2D eigenvalue weighted by atomic mass is 32.2. The van der Waals surface area contributed by atoms with E-state index in [1.54, 1.807) is 27.0 Å². The van der Waals surface area contributed by atoms with Gasteiger partial charge in [0, 0.05) is 7.05 Å². The Labute approximate surface area is 199 Å². The minimum absolute atomic E-state index is 0.127. The molecule has 2 aliphatic rings. The molecule has 6 heterocycles. The summed E-state index contributed by atoms with van der Waals surface area (Å²) in [5.74, 6) is 0.417. The summed E-state index contributed by atoms with van der Waals surface area (Å²) in [6.07, 6.45) is 8.17. The van der Waals surface area contributed by atoms with Gasteiger partial charge in [0.05, 0.1) is 49.6 Å². The number of pyridine rings is 1. The lowest BCUT2D eigenvalue weighted by atomic mass is 10.2. The van der Waals surface area contributed by atoms with Crippen molar-refractivity contribution in [1.82, 2.24) is 33.8 Å². The molecule has 2 unspecified atom stereocenters. The van der Waals surface area contributed by atoms with Gasteiger partial charge in [-0.1, -0.05) is 0 Å². The molecule has 0 saturated carbocycles. The number of fused-ring (bicyclic) bond motifs is 4. The number of nitrogens with zero attached hydrogens (tertiary/aromatic N) is 8. The van der Waals surface area contributed by atoms with Gasteiger partial charge in [0.2, 0.25) is 5.95 Å². The first-order valence-corrected chi connectivity index (χ1v) is 12.8. The van der Waals surface area contributed by atoms with Crippen molar-refractivity contribution in [2.24, 2.45) is 7.05 Å². The van der Waals surface area contributed by atoms with Crippen LogP contribution in [0.5, 0.6) is 0 Å². The molecule has 2 N–H and O–H groups in total. The first kappa shape index (κ1) is 23.2. The van der Waals surface area contributed by atoms with Crippen LogP contribution in [0.15, 0.2) is 29.6 Å². The van der Waals surface area contributed by atoms with E-state index in [-0.39, 0.29) is 17.9 Å². The van der Waals surface area contributed by atoms with E-state index in [0.29, 0.717) is 36.5 Å². The zero-order valence-corrected chi connectivity index (χ0v) is 20.2. The Morgan fingerprint density at radius 1 is 1.20 bits per heavy atom. The van der Waals surface area contributed by atoms with Crippen molar-refractivity contribution in [3.8, 4) is 0 Å². The van der Waals surface area contributed by atoms with Crippen LogP contribution in [0.3, 0.4) is 0 Å². The standard InChI is InChI=1S/C19H21N9O2.CH4O3S/c1-11-5-16-21-10-22-27(16)9-14(11)23-18-20-6-15-17(24-18)28(19(29)25(15)2)26-7-12-3-4-13(8-26)30-12;1-5(2,3)4/h5-6,9-10,12-13H,3-4,7-8H2,1-2H3,(H,20,23,24);1H3,(H,2,3,4). The maximum absolute atomic E-state index is 13.0. The number of aromatic nitrogens is 7. The molecular weight excluding hydrogens is 478 g/mol. The molecule has 2 fully saturated rings. The van der Waals surface area contributed by atoms with Gasteiger partial charge in [-0.15, -0.1) is 0 Å². The first-order valence-electron chi connectivity index (χ1n) is 10.9. The minimum atomic E-state index is -3.67. The van der Waals surface area contributed by atoms with Crippen LogP contribution in [0.4, 0.5) is 11.6 Å². The second-order valence-corrected chi connectivity index (χ2v) is 10.1. The van der Waals surface area contributed by atoms with Crippen molar-refractivity contribution < 1.29 is 17.7 Å². The predicted octanol–water partition coefficient (Wildman–Crippen LogP) is 0.228. The van der Waals surface area contributed by atoms with Crippen LogP contribution in [-0.2, 0) is 21.9 Å². The second kappa shape index (κ2) is 8.58. The lowest BCUT2D eigenvalue weighted by Gasteiger charge is -2.33. The Morgan fingerprint density at radius 3 is 2.57 bits per heavy atom. The van der Waals surface area contributed by atoms with Gasteiger partial charge in [0.25, 0.3) is 10.1 Å². The largest absolute Gasteiger partial charge is 0.371 e. The van der Waals surface area contributed by atoms with Crippen LogP contribution in [0, 0.1) is 6.92 Å². The first-order chi connectivity index (χ1) is 16.6. The summed E-state index contributed by atoms with van der Waals surface area (Å²) >= 11 is 0. The van der Waals surface area contributed by atoms with Crippen molar-refractivity contribution in [2.75, 3.05) is 29.7 Å². The average Bonchev–Trinajstić information content (AvgIpc) is 3.43. The minimum Gasteiger partial charge on any atom is -0.371 e. The van der Waals surface area contributed by atoms with Crippen LogP contribution >= 0.6 is 0 Å². The Balaban J connectivity index is 0.000000464. The summed E-state index contributed by atoms with van der Waals surface area (Å²) in [5, 5.41) is 9.49. The van der Waals surface area contributed by atoms with Gasteiger partial charge in [-0.05, 0) is 31.4 Å². The number of rotatable bonds is 3. The van der Waals surface area contributed by atoms with E-state index in [2.05, 4.69) is 25.4 Å². The van der Waals surface area contributed by atoms with Gasteiger partial charge >= 0.3 is 5.69 Å². The number of morpholine rings is 1. The van der Waals surface area contributed by atoms with Crippen molar-refractivity contribution in [2.45, 2.75) is 32.0 Å². The number of nitrogens with one attached hydrogen (secondary N) is 1. The predicted molar refractivity (Wildman–Crippen MR) is 127 cm³/mol. The lowest BCUT2D eigenvalue weighted by Crippen LogP contribution is -2.52. The molecule has 0 aromatic carbocycles. The molecule has 14 nitrogen and oxygen atoms in total. The van der Waals surface area contributed by atoms with Gasteiger partial charge < -0.3 is 15.1 Å². The number of hydrogen-bond acceptors (Lipinski definition) is 10. The van der Waals surface area contributed by atoms with E-state index in [9.17, 15) is 13.2 Å². The van der Waals surface area contributed by atoms with Crippen LogP contribution in [0.2, 0.25) is 0 Å². The van der Waals surface area contributed by atoms with E-state index in [1.807, 2.05) is 19.2 Å². The van der Waals surface area contributed by atoms with Crippen LogP contribution < -0.4 is 16.0 Å². The lowest BCUT2D eigenvalue weighted by molar-refractivity contribution is 0.0214. The zero-order valence-electron chi connectivity index (χ0n) is 19.4. The molecule has 6 rings (SSSR count). The fourth-order valence-electron chi connectivity index (χ4n) is 4.38. The highest BCUT2D eigenvalue weighted by Gasteiger charge is 2.35. The molecule has 2 bridgehead atoms. The number of ether oxygens (including phenoxy) is 1. The number of imidazole rings is 1. The fraction of sp³-hybridized carbons (Fsp3) is 0.450. The van der Waals surface area contributed by atoms with Gasteiger partial charge in [-0.2, -0.15) is 23.2 Å². The summed E-state index contributed by atoms with van der Waals surface area (Å²) in [5.41, 5.74) is 3.73. The third-order valence-electron chi connectivity index (χ3n) is 5.96. The topological polar surface area (TPSA) is 162 Å². The highest BCUT2D eigenvalue weighted by Crippen LogP contribution is 2.26. The number of anilines is 2. The monoisotopic (exact) mass is 503 g/mol. The van der Waals surface area contributed by atoms with Gasteiger partial charge in [-0.3, -0.25) is 9.12 Å². The smallest absolute Gasteiger partial charge is 0.349 e. The summed E-state index contributed by atoms with van der Waals surface area (Å²) in [4.78, 5) is 26.3. The second-order valence-electron chi connectivity index (χ2n) is 8.68. The van der Waals surface area contributed by atoms with Gasteiger partial charge in [0.15, 0.2) is 11.3 Å². The summed E-state index contributed by atoms with van der Waals surface area (Å²) < 4.78 is 36.7. The third kappa shape index (κ3) is 4.69. The summed E-state index contributed by atoms with van der Waals surface area (Å²) in [6.45, 7) is 3.35. The van der Waals surface area contributed by atoms with E-state index in [4.69, 9.17) is 14.3 Å². The van der Waals surface area contributed by atoms with E-state index >= 15 is 0 Å². The molecule has 0 aliphatic carbocycles. The molecule has 35 heavy (non-hydrogen) atoms. The summed E-state index contributed by atoms with van der Waals surface area (Å²) in [6, 6.07) is 1.94. The van der Waals surface area contributed by atoms with Crippen LogP contribution in [-0.4, -0.2) is 78.3 Å². The van der Waals surface area contributed by atoms with Gasteiger partial charge in [0.1, 0.15) is 11.8 Å². The SMILES string of the molecule is CS(=O)(=O)O.Cc1cc2ncnn2cc1Nc1ncc2c(n1)n(N1CC3CCC(C1)O3)c(=O)n2C. The number of hydrogen-bond donors (Lipinski definition) is 2. The van der Waals surface area contributed by atoms with E-state index < -0.39 is 10.1 Å². The van der Waals surface area contributed by atoms with Gasteiger partial charge in [-0.25, -0.2) is 19.3 Å². The fourth-order valence-corrected chi connectivity index (χ4v) is 4.38. The molecule has 0 amide bonds. The Bertz CT molecular complexity index is 1560. The normalized spacial score (nSPS) is 19.7. The zero-order chi connectivity index (χ0) is 24.9. The third-order valence-corrected chi connectivity index (χ3v) is 5.96. The highest BCUT2D eigenvalue weighted by molar-refractivity contribution is 7.85. The van der Waals surface area contributed by atoms with Crippen molar-refractivity contribution in [3.63, 3.8) is 0 Å². The quantitative estimate of drug-likeness (QED) is 0.368. The Morgan fingerprint density at radius 2 is 1.89 bits per heavy atom. The molecule has 186 valence electrons. The van der Waals surface area contributed by atoms with Crippen molar-refractivity contribution in [3.05, 3.63) is 40.8 Å². The molecule has 0 radical (unpaired) electrons. The molecule has 2 aliphatic heterocycles. The maximum Gasteiger partial charge on any atom is 0.349 e. The Hall–Kier alpha value is -3.56. The van der Waals surface area contributed by atoms with Crippen molar-refractivity contribution >= 4 is 38.6 Å². The molecule has 4 aromatic heterocycles. The van der Waals surface area contributed by atoms with Crippen LogP contribution in [0.1, 0.15) is 18.4 Å². The molecule has 4 aromatic rings. The van der Waals surface area contributed by atoms with Crippen LogP contribution in [0.25, 0.3) is 16.8 Å². The molecule has 0 spiro atoms. The van der Waals surface area contributed by atoms with Crippen molar-refractivity contribution in [1.29, 1.82) is 0 Å². The molecular formula is C20H25N9O5S.